The third-order valence-electron chi connectivity index (χ3n) is 7.59. The second-order valence-electron chi connectivity index (χ2n) is 10.0. The van der Waals surface area contributed by atoms with Crippen LogP contribution in [0.15, 0.2) is 12.2 Å². The monoisotopic (exact) mass is 434 g/mol. The molecule has 0 aromatic rings. The first kappa shape index (κ1) is 23.4. The number of ketones is 1. The van der Waals surface area contributed by atoms with Crippen LogP contribution in [0.4, 0.5) is 0 Å². The summed E-state index contributed by atoms with van der Waals surface area (Å²) in [5, 5.41) is 0. The summed E-state index contributed by atoms with van der Waals surface area (Å²) in [7, 11) is 0. The van der Waals surface area contributed by atoms with Crippen LogP contribution in [0.2, 0.25) is 0 Å². The molecule has 31 heavy (non-hydrogen) atoms. The van der Waals surface area contributed by atoms with E-state index in [1.165, 1.54) is 32.1 Å². The van der Waals surface area contributed by atoms with Gasteiger partial charge in [0.2, 0.25) is 0 Å². The van der Waals surface area contributed by atoms with E-state index in [-0.39, 0.29) is 30.7 Å². The first-order valence-electron chi connectivity index (χ1n) is 13.0. The highest BCUT2D eigenvalue weighted by Gasteiger charge is 2.48. The first-order valence-corrected chi connectivity index (χ1v) is 13.0. The molecule has 7 atom stereocenters. The van der Waals surface area contributed by atoms with Crippen molar-refractivity contribution < 1.29 is 23.7 Å². The second-order valence-corrected chi connectivity index (χ2v) is 10.0. The zero-order chi connectivity index (χ0) is 21.5. The number of fused-ring (bicyclic) bond motifs is 1. The fourth-order valence-electron chi connectivity index (χ4n) is 5.89. The minimum Gasteiger partial charge on any atom is -0.353 e. The van der Waals surface area contributed by atoms with Crippen LogP contribution >= 0.6 is 0 Å². The van der Waals surface area contributed by atoms with Crippen molar-refractivity contribution >= 4 is 5.78 Å². The molecule has 2 aliphatic carbocycles. The number of hydrogen-bond acceptors (Lipinski definition) is 5. The Labute approximate surface area is 188 Å². The molecule has 0 aromatic carbocycles. The number of ether oxygens (including phenoxy) is 4. The normalized spacial score (nSPS) is 37.4. The molecule has 4 rings (SSSR count). The molecule has 5 heteroatoms. The van der Waals surface area contributed by atoms with Gasteiger partial charge in [0.05, 0.1) is 12.2 Å². The van der Waals surface area contributed by atoms with Crippen LogP contribution in [0, 0.1) is 17.8 Å². The van der Waals surface area contributed by atoms with E-state index in [4.69, 9.17) is 18.9 Å². The topological polar surface area (TPSA) is 54.0 Å². The summed E-state index contributed by atoms with van der Waals surface area (Å²) in [6.07, 6.45) is 18.4. The third kappa shape index (κ3) is 6.63. The standard InChI is InChI=1S/C26H42O5/c1-2-3-4-9-21(30-25-10-5-7-14-28-25)12-13-22-23-18-20(27)16-19(23)17-24(22)31-26-11-6-8-15-29-26/h12-13,19,21-26H,2-11,14-18H2,1H3/b13-12+/t19-,21-,22+,23-,24+,25?,26?/m0/s1. The minimum atomic E-state index is -0.0728. The summed E-state index contributed by atoms with van der Waals surface area (Å²) in [6, 6.07) is 0. The highest BCUT2D eigenvalue weighted by Crippen LogP contribution is 2.48. The van der Waals surface area contributed by atoms with Crippen molar-refractivity contribution in [3.8, 4) is 0 Å². The molecular formula is C26H42O5. The van der Waals surface area contributed by atoms with Gasteiger partial charge in [-0.2, -0.15) is 0 Å². The van der Waals surface area contributed by atoms with E-state index < -0.39 is 0 Å². The van der Waals surface area contributed by atoms with Gasteiger partial charge in [-0.3, -0.25) is 4.79 Å². The van der Waals surface area contributed by atoms with Gasteiger partial charge in [-0.15, -0.1) is 0 Å². The molecular weight excluding hydrogens is 392 g/mol. The molecule has 0 radical (unpaired) electrons. The van der Waals surface area contributed by atoms with Crippen molar-refractivity contribution in [2.24, 2.45) is 17.8 Å². The molecule has 4 aliphatic rings. The molecule has 0 N–H and O–H groups in total. The van der Waals surface area contributed by atoms with Gasteiger partial charge in [-0.1, -0.05) is 38.3 Å². The van der Waals surface area contributed by atoms with E-state index in [0.29, 0.717) is 24.0 Å². The van der Waals surface area contributed by atoms with Crippen LogP contribution < -0.4 is 0 Å². The molecule has 4 fully saturated rings. The highest BCUT2D eigenvalue weighted by atomic mass is 16.7. The molecule has 5 nitrogen and oxygen atoms in total. The van der Waals surface area contributed by atoms with Crippen molar-refractivity contribution in [2.45, 2.75) is 115 Å². The molecule has 0 aromatic heterocycles. The zero-order valence-corrected chi connectivity index (χ0v) is 19.3. The molecule has 2 heterocycles. The molecule has 0 spiro atoms. The molecule has 2 saturated heterocycles. The predicted molar refractivity (Wildman–Crippen MR) is 120 cm³/mol. The number of unbranched alkanes of at least 4 members (excludes halogenated alkanes) is 2. The van der Waals surface area contributed by atoms with E-state index in [9.17, 15) is 4.79 Å². The van der Waals surface area contributed by atoms with Gasteiger partial charge >= 0.3 is 0 Å². The van der Waals surface area contributed by atoms with Crippen molar-refractivity contribution in [3.63, 3.8) is 0 Å². The zero-order valence-electron chi connectivity index (χ0n) is 19.3. The van der Waals surface area contributed by atoms with Crippen molar-refractivity contribution in [3.05, 3.63) is 12.2 Å². The number of hydrogen-bond donors (Lipinski definition) is 0. The van der Waals surface area contributed by atoms with Gasteiger partial charge in [0, 0.05) is 32.0 Å². The van der Waals surface area contributed by atoms with E-state index in [1.54, 1.807) is 0 Å². The van der Waals surface area contributed by atoms with E-state index in [0.717, 1.165) is 58.2 Å². The van der Waals surface area contributed by atoms with Crippen LogP contribution in [0.5, 0.6) is 0 Å². The van der Waals surface area contributed by atoms with Crippen molar-refractivity contribution in [2.75, 3.05) is 13.2 Å². The fourth-order valence-corrected chi connectivity index (χ4v) is 5.89. The Morgan fingerprint density at radius 1 is 1.03 bits per heavy atom. The Morgan fingerprint density at radius 2 is 1.81 bits per heavy atom. The maximum Gasteiger partial charge on any atom is 0.158 e. The van der Waals surface area contributed by atoms with Crippen LogP contribution in [0.3, 0.4) is 0 Å². The summed E-state index contributed by atoms with van der Waals surface area (Å²) < 4.78 is 24.6. The lowest BCUT2D eigenvalue weighted by Gasteiger charge is -2.30. The van der Waals surface area contributed by atoms with Gasteiger partial charge in [0.15, 0.2) is 12.6 Å². The Bertz CT molecular complexity index is 578. The fraction of sp³-hybridized carbons (Fsp3) is 0.885. The Hall–Kier alpha value is -0.750. The summed E-state index contributed by atoms with van der Waals surface area (Å²) in [5.74, 6) is 1.59. The molecule has 0 bridgehead atoms. The maximum atomic E-state index is 12.1. The number of Topliss-reactive ketones (excluding diaryl/α,β-unsaturated/α-hetero) is 1. The van der Waals surface area contributed by atoms with E-state index in [1.807, 2.05) is 0 Å². The van der Waals surface area contributed by atoms with Crippen molar-refractivity contribution in [1.29, 1.82) is 0 Å². The third-order valence-corrected chi connectivity index (χ3v) is 7.59. The average Bonchev–Trinajstić information content (AvgIpc) is 3.29. The lowest BCUT2D eigenvalue weighted by Crippen LogP contribution is -2.31. The Kier molecular flexibility index (Phi) is 9.00. The second kappa shape index (κ2) is 11.9. The summed E-state index contributed by atoms with van der Waals surface area (Å²) >= 11 is 0. The number of carbonyl (C=O) groups is 1. The lowest BCUT2D eigenvalue weighted by atomic mass is 9.90. The SMILES string of the molecule is CCCCC[C@@H](/C=C/[C@@H]1[C@H]2CC(=O)C[C@H]2C[C@H]1OC1CCCCO1)OC1CCCCO1. The van der Waals surface area contributed by atoms with Gasteiger partial charge in [-0.05, 0) is 63.2 Å². The average molecular weight is 435 g/mol. The van der Waals surface area contributed by atoms with E-state index >= 15 is 0 Å². The summed E-state index contributed by atoms with van der Waals surface area (Å²) in [5.41, 5.74) is 0. The molecule has 2 unspecified atom stereocenters. The molecule has 2 saturated carbocycles. The van der Waals surface area contributed by atoms with Gasteiger partial charge in [-0.25, -0.2) is 0 Å². The molecule has 0 amide bonds. The summed E-state index contributed by atoms with van der Waals surface area (Å²) in [6.45, 7) is 3.85. The highest BCUT2D eigenvalue weighted by molar-refractivity contribution is 5.81. The van der Waals surface area contributed by atoms with Crippen LogP contribution in [-0.2, 0) is 23.7 Å². The number of carbonyl (C=O) groups excluding carboxylic acids is 1. The predicted octanol–water partition coefficient (Wildman–Crippen LogP) is 5.56. The van der Waals surface area contributed by atoms with Gasteiger partial charge in [0.25, 0.3) is 0 Å². The minimum absolute atomic E-state index is 0.0721. The van der Waals surface area contributed by atoms with Crippen molar-refractivity contribution in [1.82, 2.24) is 0 Å². The largest absolute Gasteiger partial charge is 0.353 e. The molecule has 2 aliphatic heterocycles. The van der Waals surface area contributed by atoms with Crippen LogP contribution in [-0.4, -0.2) is 43.8 Å². The van der Waals surface area contributed by atoms with Crippen LogP contribution in [0.25, 0.3) is 0 Å². The lowest BCUT2D eigenvalue weighted by molar-refractivity contribution is -0.193. The van der Waals surface area contributed by atoms with Gasteiger partial charge < -0.3 is 18.9 Å². The quantitative estimate of drug-likeness (QED) is 0.333. The van der Waals surface area contributed by atoms with E-state index in [2.05, 4.69) is 19.1 Å². The molecule has 176 valence electrons. The van der Waals surface area contributed by atoms with Gasteiger partial charge in [0.1, 0.15) is 5.78 Å². The summed E-state index contributed by atoms with van der Waals surface area (Å²) in [4.78, 5) is 12.1. The number of rotatable bonds is 10. The van der Waals surface area contributed by atoms with Crippen LogP contribution in [0.1, 0.15) is 90.4 Å². The smallest absolute Gasteiger partial charge is 0.158 e. The Balaban J connectivity index is 1.41. The maximum absolute atomic E-state index is 12.1. The first-order chi connectivity index (χ1) is 15.2. The Morgan fingerprint density at radius 3 is 2.52 bits per heavy atom.